The van der Waals surface area contributed by atoms with Crippen molar-refractivity contribution < 1.29 is 33.5 Å². The number of carbonyl (C=O) groups is 3. The molecule has 1 N–H and O–H groups in total. The average molecular weight is 463 g/mol. The fraction of sp³-hybridized carbons (Fsp3) is 0.591. The number of rotatable bonds is 8. The second-order valence-electron chi connectivity index (χ2n) is 8.25. The summed E-state index contributed by atoms with van der Waals surface area (Å²) in [6.45, 7) is 2.90. The van der Waals surface area contributed by atoms with Crippen molar-refractivity contribution in [2.75, 3.05) is 46.6 Å². The van der Waals surface area contributed by atoms with Gasteiger partial charge in [0.15, 0.2) is 6.61 Å². The van der Waals surface area contributed by atoms with Crippen molar-refractivity contribution >= 4 is 23.5 Å². The maximum absolute atomic E-state index is 12.4. The lowest BCUT2D eigenvalue weighted by Gasteiger charge is -2.48. The maximum atomic E-state index is 12.4. The van der Waals surface area contributed by atoms with E-state index in [2.05, 4.69) is 15.0 Å². The molecule has 1 saturated heterocycles. The summed E-state index contributed by atoms with van der Waals surface area (Å²) < 4.78 is 15.1. The van der Waals surface area contributed by atoms with Crippen LogP contribution in [-0.2, 0) is 19.0 Å². The molecule has 0 bridgehead atoms. The van der Waals surface area contributed by atoms with Gasteiger partial charge in [0.1, 0.15) is 0 Å². The van der Waals surface area contributed by atoms with Gasteiger partial charge in [-0.05, 0) is 18.9 Å². The summed E-state index contributed by atoms with van der Waals surface area (Å²) in [6.07, 6.45) is 5.33. The molecule has 0 radical (unpaired) electrons. The van der Waals surface area contributed by atoms with Crippen LogP contribution in [0, 0.1) is 10.1 Å². The highest BCUT2D eigenvalue weighted by Gasteiger charge is 2.38. The van der Waals surface area contributed by atoms with Gasteiger partial charge in [-0.2, -0.15) is 0 Å². The summed E-state index contributed by atoms with van der Waals surface area (Å²) >= 11 is 0. The van der Waals surface area contributed by atoms with E-state index in [4.69, 9.17) is 9.47 Å². The van der Waals surface area contributed by atoms with Crippen molar-refractivity contribution in [2.45, 2.75) is 37.6 Å². The van der Waals surface area contributed by atoms with Crippen LogP contribution >= 0.6 is 0 Å². The van der Waals surface area contributed by atoms with Crippen LogP contribution in [0.15, 0.2) is 18.2 Å². The number of nitrogens with one attached hydrogen (secondary N) is 1. The van der Waals surface area contributed by atoms with Crippen molar-refractivity contribution in [3.8, 4) is 0 Å². The van der Waals surface area contributed by atoms with E-state index in [1.165, 1.54) is 6.42 Å². The van der Waals surface area contributed by atoms with Crippen LogP contribution in [0.4, 0.5) is 5.69 Å². The van der Waals surface area contributed by atoms with Gasteiger partial charge >= 0.3 is 11.9 Å². The topological polar surface area (TPSA) is 137 Å². The van der Waals surface area contributed by atoms with Gasteiger partial charge in [0.05, 0.1) is 36.4 Å². The largest absolute Gasteiger partial charge is 0.465 e. The van der Waals surface area contributed by atoms with Crippen molar-refractivity contribution in [3.05, 3.63) is 39.4 Å². The summed E-state index contributed by atoms with van der Waals surface area (Å²) in [5, 5.41) is 14.0. The lowest BCUT2D eigenvalue weighted by atomic mass is 9.79. The molecule has 1 saturated carbocycles. The van der Waals surface area contributed by atoms with Crippen molar-refractivity contribution in [3.63, 3.8) is 0 Å². The van der Waals surface area contributed by atoms with Gasteiger partial charge in [-0.1, -0.05) is 19.3 Å². The quantitative estimate of drug-likeness (QED) is 0.347. The number of methoxy groups -OCH3 is 1. The Balaban J connectivity index is 1.59. The zero-order valence-electron chi connectivity index (χ0n) is 18.7. The monoisotopic (exact) mass is 463 g/mol. The van der Waals surface area contributed by atoms with Gasteiger partial charge in [0, 0.05) is 37.3 Å². The Kier molecular flexibility index (Phi) is 8.34. The maximum Gasteiger partial charge on any atom is 0.338 e. The van der Waals surface area contributed by atoms with Crippen LogP contribution < -0.4 is 5.32 Å². The average Bonchev–Trinajstić information content (AvgIpc) is 2.86. The number of nitrogens with zero attached hydrogens (tertiary/aromatic N) is 2. The number of ether oxygens (including phenoxy) is 3. The summed E-state index contributed by atoms with van der Waals surface area (Å²) in [5.74, 6) is -2.23. The fourth-order valence-electron chi connectivity index (χ4n) is 4.45. The highest BCUT2D eigenvalue weighted by molar-refractivity contribution is 5.97. The van der Waals surface area contributed by atoms with Crippen LogP contribution in [0.2, 0.25) is 0 Å². The zero-order valence-corrected chi connectivity index (χ0v) is 18.7. The predicted octanol–water partition coefficient (Wildman–Crippen LogP) is 1.69. The number of hydrogen-bond donors (Lipinski definition) is 1. The number of esters is 2. The van der Waals surface area contributed by atoms with Crippen LogP contribution in [0.25, 0.3) is 0 Å². The van der Waals surface area contributed by atoms with Crippen LogP contribution in [0.1, 0.15) is 52.8 Å². The number of hydrogen-bond acceptors (Lipinski definition) is 9. The summed E-state index contributed by atoms with van der Waals surface area (Å²) in [4.78, 5) is 49.4. The Morgan fingerprint density at radius 1 is 1.09 bits per heavy atom. The zero-order chi connectivity index (χ0) is 23.8. The molecule has 0 atom stereocenters. The van der Waals surface area contributed by atoms with Crippen molar-refractivity contribution in [2.24, 2.45) is 0 Å². The SMILES string of the molecule is COC(=O)c1cc(C(=O)OCC(=O)NCC2(N3CCOCC3)CCCCC2)cc([N+](=O)[O-])c1. The molecule has 1 aliphatic carbocycles. The minimum Gasteiger partial charge on any atom is -0.465 e. The lowest BCUT2D eigenvalue weighted by molar-refractivity contribution is -0.384. The first kappa shape index (κ1) is 24.6. The van der Waals surface area contributed by atoms with Crippen LogP contribution in [0.5, 0.6) is 0 Å². The third-order valence-electron chi connectivity index (χ3n) is 6.20. The standard InChI is InChI=1S/C22H29N3O8/c1-31-20(27)16-11-17(13-18(12-16)25(29)30)21(28)33-14-19(26)23-15-22(5-3-2-4-6-22)24-7-9-32-10-8-24/h11-13H,2-10,14-15H2,1H3,(H,23,26). The third-order valence-corrected chi connectivity index (χ3v) is 6.20. The smallest absolute Gasteiger partial charge is 0.338 e. The molecular formula is C22H29N3O8. The molecule has 1 aromatic carbocycles. The normalized spacial score (nSPS) is 18.2. The highest BCUT2D eigenvalue weighted by Crippen LogP contribution is 2.33. The first-order valence-corrected chi connectivity index (χ1v) is 11.0. The first-order valence-electron chi connectivity index (χ1n) is 11.0. The molecule has 3 rings (SSSR count). The molecule has 1 aliphatic heterocycles. The van der Waals surface area contributed by atoms with Gasteiger partial charge < -0.3 is 19.5 Å². The molecule has 11 heteroatoms. The van der Waals surface area contributed by atoms with Gasteiger partial charge in [0.25, 0.3) is 11.6 Å². The van der Waals surface area contributed by atoms with Crippen LogP contribution in [0.3, 0.4) is 0 Å². The van der Waals surface area contributed by atoms with Crippen LogP contribution in [-0.4, -0.2) is 79.8 Å². The minimum atomic E-state index is -0.945. The molecule has 11 nitrogen and oxygen atoms in total. The lowest BCUT2D eigenvalue weighted by Crippen LogP contribution is -2.59. The number of nitro benzene ring substituents is 1. The van der Waals surface area contributed by atoms with Crippen molar-refractivity contribution in [1.82, 2.24) is 10.2 Å². The second-order valence-corrected chi connectivity index (χ2v) is 8.25. The molecule has 1 heterocycles. The van der Waals surface area contributed by atoms with Crippen molar-refractivity contribution in [1.29, 1.82) is 0 Å². The van der Waals surface area contributed by atoms with Gasteiger partial charge in [-0.15, -0.1) is 0 Å². The predicted molar refractivity (Wildman–Crippen MR) is 116 cm³/mol. The minimum absolute atomic E-state index is 0.128. The van der Waals surface area contributed by atoms with E-state index in [0.29, 0.717) is 19.8 Å². The summed E-state index contributed by atoms with van der Waals surface area (Å²) in [5.41, 5.74) is -0.960. The molecule has 1 amide bonds. The summed E-state index contributed by atoms with van der Waals surface area (Å²) in [6, 6.07) is 3.13. The Morgan fingerprint density at radius 3 is 2.33 bits per heavy atom. The molecule has 0 aromatic heterocycles. The molecule has 180 valence electrons. The Bertz CT molecular complexity index is 892. The van der Waals surface area contributed by atoms with E-state index >= 15 is 0 Å². The number of amides is 1. The molecule has 0 spiro atoms. The third kappa shape index (κ3) is 6.26. The molecule has 33 heavy (non-hydrogen) atoms. The van der Waals surface area contributed by atoms with E-state index in [-0.39, 0.29) is 16.7 Å². The Morgan fingerprint density at radius 2 is 1.73 bits per heavy atom. The van der Waals surface area contributed by atoms with Gasteiger partial charge in [0.2, 0.25) is 0 Å². The van der Waals surface area contributed by atoms with Gasteiger partial charge in [-0.3, -0.25) is 19.8 Å². The highest BCUT2D eigenvalue weighted by atomic mass is 16.6. The molecule has 1 aromatic rings. The molecule has 2 fully saturated rings. The van der Waals surface area contributed by atoms with E-state index < -0.39 is 35.1 Å². The van der Waals surface area contributed by atoms with E-state index in [1.807, 2.05) is 0 Å². The van der Waals surface area contributed by atoms with E-state index in [1.54, 1.807) is 0 Å². The Labute approximate surface area is 191 Å². The number of non-ortho nitro benzene ring substituents is 1. The number of morpholine rings is 1. The number of nitro groups is 1. The molecule has 2 aliphatic rings. The Hall–Kier alpha value is -3.05. The molecular weight excluding hydrogens is 434 g/mol. The number of carbonyl (C=O) groups excluding carboxylic acids is 3. The second kappa shape index (κ2) is 11.2. The molecule has 0 unspecified atom stereocenters. The van der Waals surface area contributed by atoms with E-state index in [0.717, 1.165) is 64.1 Å². The summed E-state index contributed by atoms with van der Waals surface area (Å²) in [7, 11) is 1.12. The van der Waals surface area contributed by atoms with Gasteiger partial charge in [-0.25, -0.2) is 9.59 Å². The fourth-order valence-corrected chi connectivity index (χ4v) is 4.45. The van der Waals surface area contributed by atoms with E-state index in [9.17, 15) is 24.5 Å². The number of benzene rings is 1. The first-order chi connectivity index (χ1) is 15.8.